The van der Waals surface area contributed by atoms with Crippen molar-refractivity contribution >= 4 is 38.9 Å². The first-order valence-corrected chi connectivity index (χ1v) is 9.15. The summed E-state index contributed by atoms with van der Waals surface area (Å²) in [5.41, 5.74) is 3.07. The first kappa shape index (κ1) is 17.2. The Bertz CT molecular complexity index is 776. The van der Waals surface area contributed by atoms with Crippen LogP contribution < -0.4 is 15.4 Å². The average Bonchev–Trinajstić information content (AvgIpc) is 2.45. The van der Waals surface area contributed by atoms with E-state index in [1.807, 2.05) is 24.3 Å². The van der Waals surface area contributed by atoms with E-state index < -0.39 is 0 Å². The van der Waals surface area contributed by atoms with Gasteiger partial charge >= 0.3 is 0 Å². The molecule has 1 atom stereocenters. The van der Waals surface area contributed by atoms with Crippen LogP contribution in [0.1, 0.15) is 37.4 Å². The smallest absolute Gasteiger partial charge is 0.171 e. The van der Waals surface area contributed by atoms with Gasteiger partial charge < -0.3 is 15.4 Å². The van der Waals surface area contributed by atoms with Gasteiger partial charge in [0.25, 0.3) is 0 Å². The van der Waals surface area contributed by atoms with Gasteiger partial charge in [0.05, 0.1) is 6.04 Å². The Labute approximate surface area is 156 Å². The summed E-state index contributed by atoms with van der Waals surface area (Å²) in [4.78, 5) is 0. The van der Waals surface area contributed by atoms with Gasteiger partial charge in [0.15, 0.2) is 5.11 Å². The van der Waals surface area contributed by atoms with Crippen LogP contribution in [0.5, 0.6) is 5.75 Å². The molecule has 0 spiro atoms. The number of halogens is 1. The van der Waals surface area contributed by atoms with Crippen molar-refractivity contribution in [3.63, 3.8) is 0 Å². The number of aryl methyl sites for hydroxylation is 1. The van der Waals surface area contributed by atoms with E-state index in [0.717, 1.165) is 27.9 Å². The van der Waals surface area contributed by atoms with E-state index in [4.69, 9.17) is 17.0 Å². The number of hydrogen-bond acceptors (Lipinski definition) is 2. The van der Waals surface area contributed by atoms with Crippen LogP contribution in [0.25, 0.3) is 0 Å². The Morgan fingerprint density at radius 2 is 2.04 bits per heavy atom. The molecule has 1 heterocycles. The zero-order valence-electron chi connectivity index (χ0n) is 14.0. The highest BCUT2D eigenvalue weighted by atomic mass is 79.9. The lowest BCUT2D eigenvalue weighted by Gasteiger charge is -2.38. The molecule has 2 N–H and O–H groups in total. The van der Waals surface area contributed by atoms with Crippen LogP contribution in [-0.2, 0) is 0 Å². The minimum absolute atomic E-state index is 0.122. The van der Waals surface area contributed by atoms with E-state index in [-0.39, 0.29) is 11.6 Å². The highest BCUT2D eigenvalue weighted by molar-refractivity contribution is 9.10. The molecule has 2 aromatic carbocycles. The third-order valence-corrected chi connectivity index (χ3v) is 4.73. The molecule has 0 fully saturated rings. The number of rotatable bonds is 2. The van der Waals surface area contributed by atoms with E-state index in [2.05, 4.69) is 65.5 Å². The van der Waals surface area contributed by atoms with Crippen molar-refractivity contribution in [2.45, 2.75) is 38.8 Å². The van der Waals surface area contributed by atoms with Crippen LogP contribution >= 0.6 is 28.1 Å². The summed E-state index contributed by atoms with van der Waals surface area (Å²) in [6, 6.07) is 14.4. The molecule has 0 saturated carbocycles. The van der Waals surface area contributed by atoms with Gasteiger partial charge in [0.2, 0.25) is 0 Å². The summed E-state index contributed by atoms with van der Waals surface area (Å²) in [6.45, 7) is 6.29. The van der Waals surface area contributed by atoms with Crippen molar-refractivity contribution in [2.75, 3.05) is 5.32 Å². The topological polar surface area (TPSA) is 33.3 Å². The molecular weight excluding hydrogens is 384 g/mol. The Morgan fingerprint density at radius 3 is 2.79 bits per heavy atom. The van der Waals surface area contributed by atoms with Crippen molar-refractivity contribution in [3.05, 3.63) is 58.1 Å². The van der Waals surface area contributed by atoms with Crippen molar-refractivity contribution in [1.29, 1.82) is 0 Å². The summed E-state index contributed by atoms with van der Waals surface area (Å²) in [6.07, 6.45) is 0.851. The Morgan fingerprint density at radius 1 is 1.25 bits per heavy atom. The van der Waals surface area contributed by atoms with E-state index >= 15 is 0 Å². The summed E-state index contributed by atoms with van der Waals surface area (Å²) in [5, 5.41) is 7.31. The average molecular weight is 405 g/mol. The lowest BCUT2D eigenvalue weighted by atomic mass is 9.89. The second-order valence-corrected chi connectivity index (χ2v) is 8.09. The number of ether oxygens (including phenoxy) is 1. The predicted octanol–water partition coefficient (Wildman–Crippen LogP) is 5.35. The van der Waals surface area contributed by atoms with Gasteiger partial charge in [-0.1, -0.05) is 34.1 Å². The molecular formula is C19H21BrN2OS. The molecule has 3 rings (SSSR count). The molecule has 1 aliphatic heterocycles. The summed E-state index contributed by atoms with van der Waals surface area (Å²) in [7, 11) is 0. The van der Waals surface area contributed by atoms with E-state index in [1.165, 1.54) is 5.56 Å². The molecule has 0 amide bonds. The molecule has 2 aromatic rings. The minimum Gasteiger partial charge on any atom is -0.487 e. The number of thiocarbonyl (C=S) groups is 1. The van der Waals surface area contributed by atoms with Gasteiger partial charge in [-0.3, -0.25) is 0 Å². The third-order valence-electron chi connectivity index (χ3n) is 4.01. The van der Waals surface area contributed by atoms with Crippen molar-refractivity contribution in [3.8, 4) is 5.75 Å². The lowest BCUT2D eigenvalue weighted by molar-refractivity contribution is 0.0696. The fraction of sp³-hybridized carbons (Fsp3) is 0.316. The molecule has 1 aliphatic rings. The quantitative estimate of drug-likeness (QED) is 0.661. The molecule has 0 aromatic heterocycles. The van der Waals surface area contributed by atoms with Crippen molar-refractivity contribution in [2.24, 2.45) is 0 Å². The summed E-state index contributed by atoms with van der Waals surface area (Å²) in [5.74, 6) is 0.939. The maximum absolute atomic E-state index is 6.14. The number of benzene rings is 2. The Balaban J connectivity index is 1.78. The first-order chi connectivity index (χ1) is 11.3. The van der Waals surface area contributed by atoms with E-state index in [9.17, 15) is 0 Å². The molecule has 5 heteroatoms. The van der Waals surface area contributed by atoms with Crippen LogP contribution in [0.3, 0.4) is 0 Å². The number of nitrogens with one attached hydrogen (secondary N) is 2. The number of hydrogen-bond donors (Lipinski definition) is 2. The van der Waals surface area contributed by atoms with E-state index in [0.29, 0.717) is 5.11 Å². The maximum atomic E-state index is 6.14. The highest BCUT2D eigenvalue weighted by Crippen LogP contribution is 2.39. The fourth-order valence-corrected chi connectivity index (χ4v) is 3.64. The second-order valence-electron chi connectivity index (χ2n) is 6.77. The maximum Gasteiger partial charge on any atom is 0.171 e. The molecule has 3 nitrogen and oxygen atoms in total. The molecule has 0 aliphatic carbocycles. The molecule has 0 saturated heterocycles. The number of fused-ring (bicyclic) bond motifs is 1. The van der Waals surface area contributed by atoms with Gasteiger partial charge in [-0.15, -0.1) is 0 Å². The number of anilines is 1. The Kier molecular flexibility index (Phi) is 4.83. The Hall–Kier alpha value is -1.59. The molecule has 24 heavy (non-hydrogen) atoms. The van der Waals surface area contributed by atoms with Crippen LogP contribution in [0.2, 0.25) is 0 Å². The zero-order chi connectivity index (χ0) is 17.3. The summed E-state index contributed by atoms with van der Waals surface area (Å²) < 4.78 is 7.15. The first-order valence-electron chi connectivity index (χ1n) is 7.95. The largest absolute Gasteiger partial charge is 0.487 e. The molecule has 126 valence electrons. The second kappa shape index (κ2) is 6.73. The van der Waals surface area contributed by atoms with Crippen LogP contribution in [-0.4, -0.2) is 10.7 Å². The van der Waals surface area contributed by atoms with Gasteiger partial charge in [-0.2, -0.15) is 0 Å². The summed E-state index contributed by atoms with van der Waals surface area (Å²) >= 11 is 8.98. The van der Waals surface area contributed by atoms with E-state index in [1.54, 1.807) is 0 Å². The monoisotopic (exact) mass is 404 g/mol. The van der Waals surface area contributed by atoms with Crippen molar-refractivity contribution < 1.29 is 4.74 Å². The van der Waals surface area contributed by atoms with Gasteiger partial charge in [0, 0.05) is 22.1 Å². The fourth-order valence-electron chi connectivity index (χ4n) is 2.98. The standard InChI is InChI=1S/C19H21BrN2OS/c1-12-7-8-15-16(11-19(2,3)23-17(15)9-12)22-18(24)21-14-6-4-5-13(20)10-14/h4-10,16H,11H2,1-3H3,(H2,21,22,24). The van der Waals surface area contributed by atoms with Crippen molar-refractivity contribution in [1.82, 2.24) is 5.32 Å². The molecule has 1 unspecified atom stereocenters. The zero-order valence-corrected chi connectivity index (χ0v) is 16.4. The normalized spacial score (nSPS) is 18.2. The highest BCUT2D eigenvalue weighted by Gasteiger charge is 2.34. The molecule has 0 bridgehead atoms. The van der Waals surface area contributed by atoms with Gasteiger partial charge in [0.1, 0.15) is 11.4 Å². The SMILES string of the molecule is Cc1ccc2c(c1)OC(C)(C)CC2NC(=S)Nc1cccc(Br)c1. The van der Waals surface area contributed by atoms with Gasteiger partial charge in [-0.05, 0) is 62.8 Å². The third kappa shape index (κ3) is 4.08. The minimum atomic E-state index is -0.232. The molecule has 0 radical (unpaired) electrons. The van der Waals surface area contributed by atoms with Gasteiger partial charge in [-0.25, -0.2) is 0 Å². The lowest BCUT2D eigenvalue weighted by Crippen LogP contribution is -2.42. The van der Waals surface area contributed by atoms with Crippen LogP contribution in [0, 0.1) is 6.92 Å². The predicted molar refractivity (Wildman–Crippen MR) is 107 cm³/mol. The van der Waals surface area contributed by atoms with Crippen LogP contribution in [0.15, 0.2) is 46.9 Å². The van der Waals surface area contributed by atoms with Crippen LogP contribution in [0.4, 0.5) is 5.69 Å².